The van der Waals surface area contributed by atoms with E-state index in [0.29, 0.717) is 31.0 Å². The highest BCUT2D eigenvalue weighted by atomic mass is 19.1. The zero-order valence-corrected chi connectivity index (χ0v) is 16.7. The first-order valence-electron chi connectivity index (χ1n) is 9.99. The number of hydrogen-bond donors (Lipinski definition) is 2. The number of Topliss-reactive ketones (excluding diaryl/α,β-unsaturated/α-hetero) is 1. The maximum Gasteiger partial charge on any atom is 0.238 e. The molecule has 30 heavy (non-hydrogen) atoms. The number of nitrogens with one attached hydrogen (secondary N) is 2. The molecule has 0 atom stereocenters. The molecule has 1 aliphatic heterocycles. The van der Waals surface area contributed by atoms with Crippen LogP contribution in [0.1, 0.15) is 6.42 Å². The standard InChI is InChI=1S/C22H26F2N4O2/c23-17-2-6-19(7-3-17)25-14-21(29)15-27-10-1-11-28(13-12-27)16-22(30)26-20-8-4-18(24)5-9-20/h2-9,25H,1,10-16H2,(H,26,30). The molecule has 3 rings (SSSR count). The summed E-state index contributed by atoms with van der Waals surface area (Å²) in [5.41, 5.74) is 1.27. The molecular formula is C22H26F2N4O2. The van der Waals surface area contributed by atoms with Gasteiger partial charge < -0.3 is 10.6 Å². The van der Waals surface area contributed by atoms with E-state index in [4.69, 9.17) is 0 Å². The van der Waals surface area contributed by atoms with E-state index in [1.807, 2.05) is 0 Å². The molecule has 2 N–H and O–H groups in total. The monoisotopic (exact) mass is 416 g/mol. The average Bonchev–Trinajstić information content (AvgIpc) is 2.94. The van der Waals surface area contributed by atoms with Gasteiger partial charge in [-0.05, 0) is 68.0 Å². The van der Waals surface area contributed by atoms with E-state index in [-0.39, 0.29) is 36.4 Å². The van der Waals surface area contributed by atoms with Crippen LogP contribution in [0.5, 0.6) is 0 Å². The number of benzene rings is 2. The lowest BCUT2D eigenvalue weighted by Crippen LogP contribution is -2.38. The summed E-state index contributed by atoms with van der Waals surface area (Å²) in [6, 6.07) is 11.6. The number of nitrogens with zero attached hydrogens (tertiary/aromatic N) is 2. The minimum absolute atomic E-state index is 0.0572. The summed E-state index contributed by atoms with van der Waals surface area (Å²) in [4.78, 5) is 28.6. The summed E-state index contributed by atoms with van der Waals surface area (Å²) in [6.07, 6.45) is 0.864. The highest BCUT2D eigenvalue weighted by molar-refractivity contribution is 5.92. The molecule has 0 spiro atoms. The lowest BCUT2D eigenvalue weighted by molar-refractivity contribution is -0.119. The summed E-state index contributed by atoms with van der Waals surface area (Å²) < 4.78 is 25.9. The number of carbonyl (C=O) groups excluding carboxylic acids is 2. The van der Waals surface area contributed by atoms with E-state index in [2.05, 4.69) is 20.4 Å². The van der Waals surface area contributed by atoms with Gasteiger partial charge in [0.25, 0.3) is 0 Å². The quantitative estimate of drug-likeness (QED) is 0.693. The van der Waals surface area contributed by atoms with Crippen LogP contribution in [0.4, 0.5) is 20.2 Å². The molecular weight excluding hydrogens is 390 g/mol. The van der Waals surface area contributed by atoms with Crippen LogP contribution in [0, 0.1) is 11.6 Å². The Balaban J connectivity index is 1.38. The highest BCUT2D eigenvalue weighted by Crippen LogP contribution is 2.10. The van der Waals surface area contributed by atoms with Gasteiger partial charge in [0.15, 0.2) is 5.78 Å². The number of ketones is 1. The predicted molar refractivity (Wildman–Crippen MR) is 112 cm³/mol. The van der Waals surface area contributed by atoms with Crippen molar-refractivity contribution in [3.63, 3.8) is 0 Å². The van der Waals surface area contributed by atoms with Crippen molar-refractivity contribution < 1.29 is 18.4 Å². The minimum atomic E-state index is -0.344. The van der Waals surface area contributed by atoms with Crippen LogP contribution < -0.4 is 10.6 Å². The van der Waals surface area contributed by atoms with E-state index in [1.54, 1.807) is 12.1 Å². The number of halogens is 2. The number of anilines is 2. The van der Waals surface area contributed by atoms with Crippen LogP contribution in [-0.4, -0.2) is 67.3 Å². The van der Waals surface area contributed by atoms with E-state index >= 15 is 0 Å². The largest absolute Gasteiger partial charge is 0.378 e. The summed E-state index contributed by atoms with van der Waals surface area (Å²) in [5.74, 6) is -0.744. The fourth-order valence-corrected chi connectivity index (χ4v) is 3.35. The fourth-order valence-electron chi connectivity index (χ4n) is 3.35. The molecule has 0 aromatic heterocycles. The van der Waals surface area contributed by atoms with Gasteiger partial charge in [0.05, 0.1) is 19.6 Å². The smallest absolute Gasteiger partial charge is 0.238 e. The average molecular weight is 416 g/mol. The maximum absolute atomic E-state index is 13.0. The van der Waals surface area contributed by atoms with Gasteiger partial charge in [-0.15, -0.1) is 0 Å². The van der Waals surface area contributed by atoms with Gasteiger partial charge in [0.1, 0.15) is 11.6 Å². The summed E-state index contributed by atoms with van der Waals surface area (Å²) in [7, 11) is 0. The molecule has 2 aromatic carbocycles. The maximum atomic E-state index is 13.0. The Kier molecular flexibility index (Phi) is 7.87. The van der Waals surface area contributed by atoms with Crippen molar-refractivity contribution in [1.29, 1.82) is 0 Å². The Morgan fingerprint density at radius 1 is 0.767 bits per heavy atom. The molecule has 160 valence electrons. The summed E-state index contributed by atoms with van der Waals surface area (Å²) in [5, 5.41) is 5.78. The fraction of sp³-hybridized carbons (Fsp3) is 0.364. The van der Waals surface area contributed by atoms with Crippen LogP contribution in [-0.2, 0) is 9.59 Å². The molecule has 0 saturated carbocycles. The minimum Gasteiger partial charge on any atom is -0.378 e. The third-order valence-electron chi connectivity index (χ3n) is 4.91. The Morgan fingerprint density at radius 2 is 1.30 bits per heavy atom. The summed E-state index contributed by atoms with van der Waals surface area (Å²) >= 11 is 0. The molecule has 1 saturated heterocycles. The molecule has 0 radical (unpaired) electrons. The molecule has 1 heterocycles. The van der Waals surface area contributed by atoms with Crippen molar-refractivity contribution >= 4 is 23.1 Å². The van der Waals surface area contributed by atoms with Crippen LogP contribution >= 0.6 is 0 Å². The predicted octanol–water partition coefficient (Wildman–Crippen LogP) is 2.59. The van der Waals surface area contributed by atoms with Crippen molar-refractivity contribution in [1.82, 2.24) is 9.80 Å². The van der Waals surface area contributed by atoms with Crippen molar-refractivity contribution in [2.45, 2.75) is 6.42 Å². The Morgan fingerprint density at radius 3 is 1.90 bits per heavy atom. The third kappa shape index (κ3) is 7.20. The molecule has 1 aliphatic rings. The van der Waals surface area contributed by atoms with Crippen molar-refractivity contribution in [3.05, 3.63) is 60.2 Å². The van der Waals surface area contributed by atoms with Gasteiger partial charge in [0.2, 0.25) is 5.91 Å². The van der Waals surface area contributed by atoms with Gasteiger partial charge in [-0.1, -0.05) is 0 Å². The number of hydrogen-bond acceptors (Lipinski definition) is 5. The van der Waals surface area contributed by atoms with Crippen molar-refractivity contribution in [2.24, 2.45) is 0 Å². The van der Waals surface area contributed by atoms with Gasteiger partial charge in [0, 0.05) is 24.5 Å². The second kappa shape index (κ2) is 10.8. The molecule has 2 aromatic rings. The number of rotatable bonds is 8. The molecule has 1 fully saturated rings. The highest BCUT2D eigenvalue weighted by Gasteiger charge is 2.19. The molecule has 0 bridgehead atoms. The SMILES string of the molecule is O=C(CNc1ccc(F)cc1)CN1CCCN(CC(=O)Nc2ccc(F)cc2)CC1. The van der Waals surface area contributed by atoms with Gasteiger partial charge in [-0.3, -0.25) is 19.4 Å². The second-order valence-corrected chi connectivity index (χ2v) is 7.36. The zero-order chi connectivity index (χ0) is 21.3. The second-order valence-electron chi connectivity index (χ2n) is 7.36. The molecule has 0 aliphatic carbocycles. The third-order valence-corrected chi connectivity index (χ3v) is 4.91. The van der Waals surface area contributed by atoms with Gasteiger partial charge in [-0.25, -0.2) is 8.78 Å². The first-order valence-corrected chi connectivity index (χ1v) is 9.99. The number of carbonyl (C=O) groups is 2. The van der Waals surface area contributed by atoms with Gasteiger partial charge in [-0.2, -0.15) is 0 Å². The van der Waals surface area contributed by atoms with Crippen molar-refractivity contribution in [2.75, 3.05) is 56.4 Å². The first kappa shape index (κ1) is 21.9. The summed E-state index contributed by atoms with van der Waals surface area (Å²) in [6.45, 7) is 3.73. The van der Waals surface area contributed by atoms with E-state index in [1.165, 1.54) is 36.4 Å². The van der Waals surface area contributed by atoms with Crippen molar-refractivity contribution in [3.8, 4) is 0 Å². The topological polar surface area (TPSA) is 64.7 Å². The molecule has 1 amide bonds. The molecule has 8 heteroatoms. The van der Waals surface area contributed by atoms with Crippen LogP contribution in [0.15, 0.2) is 48.5 Å². The lowest BCUT2D eigenvalue weighted by atomic mass is 10.3. The van der Waals surface area contributed by atoms with Crippen LogP contribution in [0.3, 0.4) is 0 Å². The lowest BCUT2D eigenvalue weighted by Gasteiger charge is -2.21. The first-order chi connectivity index (χ1) is 14.5. The van der Waals surface area contributed by atoms with E-state index < -0.39 is 0 Å². The molecule has 6 nitrogen and oxygen atoms in total. The Hall–Kier alpha value is -2.84. The Labute approximate surface area is 174 Å². The molecule has 0 unspecified atom stereocenters. The van der Waals surface area contributed by atoms with E-state index in [9.17, 15) is 18.4 Å². The van der Waals surface area contributed by atoms with Crippen LogP contribution in [0.2, 0.25) is 0 Å². The van der Waals surface area contributed by atoms with E-state index in [0.717, 1.165) is 19.5 Å². The number of amides is 1. The van der Waals surface area contributed by atoms with Gasteiger partial charge >= 0.3 is 0 Å². The normalized spacial score (nSPS) is 15.4. The zero-order valence-electron chi connectivity index (χ0n) is 16.7. The van der Waals surface area contributed by atoms with Crippen LogP contribution in [0.25, 0.3) is 0 Å². The Bertz CT molecular complexity index is 843.